The molecule has 166 valence electrons. The molecule has 3 heterocycles. The second-order valence-corrected chi connectivity index (χ2v) is 7.68. The first-order chi connectivity index (χ1) is 15.2. The molecule has 0 spiro atoms. The lowest BCUT2D eigenvalue weighted by molar-refractivity contribution is -0.137. The number of hydrogen-bond acceptors (Lipinski definition) is 5. The van der Waals surface area contributed by atoms with Crippen LogP contribution in [0.5, 0.6) is 0 Å². The van der Waals surface area contributed by atoms with Gasteiger partial charge in [0.15, 0.2) is 5.82 Å². The van der Waals surface area contributed by atoms with E-state index in [0.29, 0.717) is 32.0 Å². The summed E-state index contributed by atoms with van der Waals surface area (Å²) < 4.78 is 39.0. The van der Waals surface area contributed by atoms with Crippen LogP contribution in [-0.2, 0) is 6.18 Å². The van der Waals surface area contributed by atoms with E-state index in [1.807, 2.05) is 26.0 Å². The normalized spacial score (nSPS) is 14.5. The lowest BCUT2D eigenvalue weighted by atomic mass is 10.1. The van der Waals surface area contributed by atoms with Crippen LogP contribution >= 0.6 is 0 Å². The number of anilines is 1. The maximum Gasteiger partial charge on any atom is 0.416 e. The summed E-state index contributed by atoms with van der Waals surface area (Å²) in [6.45, 7) is 5.70. The molecule has 1 aromatic carbocycles. The average Bonchev–Trinajstić information content (AvgIpc) is 2.80. The minimum absolute atomic E-state index is 0.0428. The van der Waals surface area contributed by atoms with Crippen molar-refractivity contribution in [1.29, 1.82) is 0 Å². The van der Waals surface area contributed by atoms with Gasteiger partial charge in [0.1, 0.15) is 5.82 Å². The fourth-order valence-corrected chi connectivity index (χ4v) is 3.68. The van der Waals surface area contributed by atoms with E-state index in [1.54, 1.807) is 17.3 Å². The molecule has 1 aliphatic heterocycles. The third kappa shape index (κ3) is 4.42. The van der Waals surface area contributed by atoms with Crippen LogP contribution in [0.15, 0.2) is 48.8 Å². The van der Waals surface area contributed by atoms with E-state index in [0.717, 1.165) is 34.8 Å². The largest absolute Gasteiger partial charge is 0.416 e. The molecule has 0 atom stereocenters. The molecule has 4 rings (SSSR count). The van der Waals surface area contributed by atoms with Crippen LogP contribution in [-0.4, -0.2) is 51.9 Å². The van der Waals surface area contributed by atoms with Crippen LogP contribution in [0.4, 0.5) is 19.0 Å². The summed E-state index contributed by atoms with van der Waals surface area (Å²) in [5.74, 6) is 0.976. The SMILES string of the molecule is Cc1nc(-c2cccnc2)nc(N2CCN(C(=O)c3cccc(C(F)(F)F)c3)CC2)c1C. The molecule has 0 bridgehead atoms. The first-order valence-electron chi connectivity index (χ1n) is 10.2. The van der Waals surface area contributed by atoms with Crippen molar-refractivity contribution in [3.05, 3.63) is 71.2 Å². The third-order valence-electron chi connectivity index (χ3n) is 5.59. The van der Waals surface area contributed by atoms with Crippen LogP contribution in [0, 0.1) is 13.8 Å². The van der Waals surface area contributed by atoms with Gasteiger partial charge in [0.2, 0.25) is 0 Å². The highest BCUT2D eigenvalue weighted by atomic mass is 19.4. The van der Waals surface area contributed by atoms with Gasteiger partial charge in [0, 0.05) is 61.0 Å². The molecule has 1 aliphatic rings. The number of piperazine rings is 1. The number of carbonyl (C=O) groups excluding carboxylic acids is 1. The standard InChI is InChI=1S/C23H22F3N5O/c1-15-16(2)28-20(18-6-4-8-27-14-18)29-21(15)30-9-11-31(12-10-30)22(32)17-5-3-7-19(13-17)23(24,25)26/h3-8,13-14H,9-12H2,1-2H3. The molecule has 0 unspecified atom stereocenters. The Morgan fingerprint density at radius 1 is 1.00 bits per heavy atom. The molecule has 1 amide bonds. The number of pyridine rings is 1. The topological polar surface area (TPSA) is 62.2 Å². The van der Waals surface area contributed by atoms with Crippen molar-refractivity contribution in [3.63, 3.8) is 0 Å². The molecule has 6 nitrogen and oxygen atoms in total. The molecule has 0 aliphatic carbocycles. The second kappa shape index (κ2) is 8.57. The van der Waals surface area contributed by atoms with E-state index in [4.69, 9.17) is 4.98 Å². The Morgan fingerprint density at radius 3 is 2.41 bits per heavy atom. The highest BCUT2D eigenvalue weighted by molar-refractivity contribution is 5.94. The number of nitrogens with zero attached hydrogens (tertiary/aromatic N) is 5. The summed E-state index contributed by atoms with van der Waals surface area (Å²) in [5.41, 5.74) is 1.85. The average molecular weight is 441 g/mol. The fraction of sp³-hybridized carbons (Fsp3) is 0.304. The summed E-state index contributed by atoms with van der Waals surface area (Å²) in [5, 5.41) is 0. The maximum atomic E-state index is 13.0. The van der Waals surface area contributed by atoms with Gasteiger partial charge >= 0.3 is 6.18 Å². The number of rotatable bonds is 3. The fourth-order valence-electron chi connectivity index (χ4n) is 3.68. The Hall–Kier alpha value is -3.49. The van der Waals surface area contributed by atoms with Gasteiger partial charge in [-0.2, -0.15) is 13.2 Å². The monoisotopic (exact) mass is 441 g/mol. The lowest BCUT2D eigenvalue weighted by Crippen LogP contribution is -2.49. The quantitative estimate of drug-likeness (QED) is 0.612. The minimum Gasteiger partial charge on any atom is -0.353 e. The molecule has 0 radical (unpaired) electrons. The van der Waals surface area contributed by atoms with Crippen LogP contribution in [0.3, 0.4) is 0 Å². The maximum absolute atomic E-state index is 13.0. The number of hydrogen-bond donors (Lipinski definition) is 0. The predicted octanol–water partition coefficient (Wildman–Crippen LogP) is 4.14. The zero-order valence-electron chi connectivity index (χ0n) is 17.7. The van der Waals surface area contributed by atoms with Crippen molar-refractivity contribution in [1.82, 2.24) is 19.9 Å². The lowest BCUT2D eigenvalue weighted by Gasteiger charge is -2.36. The van der Waals surface area contributed by atoms with Crippen LogP contribution in [0.1, 0.15) is 27.2 Å². The number of aromatic nitrogens is 3. The van der Waals surface area contributed by atoms with E-state index >= 15 is 0 Å². The molecular formula is C23H22F3N5O. The number of halogens is 3. The van der Waals surface area contributed by atoms with Crippen molar-refractivity contribution in [3.8, 4) is 11.4 Å². The summed E-state index contributed by atoms with van der Waals surface area (Å²) in [6, 6.07) is 8.28. The van der Waals surface area contributed by atoms with Crippen LogP contribution in [0.2, 0.25) is 0 Å². The molecule has 1 fully saturated rings. The summed E-state index contributed by atoms with van der Waals surface area (Å²) >= 11 is 0. The Morgan fingerprint density at radius 2 is 1.75 bits per heavy atom. The van der Waals surface area contributed by atoms with Gasteiger partial charge in [0.25, 0.3) is 5.91 Å². The summed E-state index contributed by atoms with van der Waals surface area (Å²) in [6.07, 6.45) is -1.09. The molecule has 0 saturated carbocycles. The van der Waals surface area contributed by atoms with Crippen LogP contribution < -0.4 is 4.90 Å². The van der Waals surface area contributed by atoms with Gasteiger partial charge < -0.3 is 9.80 Å². The number of carbonyl (C=O) groups is 1. The van der Waals surface area contributed by atoms with E-state index in [-0.39, 0.29) is 5.56 Å². The number of aryl methyl sites for hydroxylation is 1. The minimum atomic E-state index is -4.48. The van der Waals surface area contributed by atoms with E-state index in [2.05, 4.69) is 14.9 Å². The van der Waals surface area contributed by atoms with Crippen LogP contribution in [0.25, 0.3) is 11.4 Å². The highest BCUT2D eigenvalue weighted by Gasteiger charge is 2.32. The van der Waals surface area contributed by atoms with Crippen molar-refractivity contribution >= 4 is 11.7 Å². The summed E-state index contributed by atoms with van der Waals surface area (Å²) in [4.78, 5) is 29.9. The van der Waals surface area contributed by atoms with E-state index in [9.17, 15) is 18.0 Å². The molecule has 1 saturated heterocycles. The molecule has 0 N–H and O–H groups in total. The van der Waals surface area contributed by atoms with Crippen molar-refractivity contribution < 1.29 is 18.0 Å². The Labute approximate surface area is 183 Å². The number of amides is 1. The Balaban J connectivity index is 1.51. The van der Waals surface area contributed by atoms with Crippen molar-refractivity contribution in [2.24, 2.45) is 0 Å². The Kier molecular flexibility index (Phi) is 5.82. The van der Waals surface area contributed by atoms with Gasteiger partial charge in [-0.15, -0.1) is 0 Å². The second-order valence-electron chi connectivity index (χ2n) is 7.68. The first-order valence-corrected chi connectivity index (χ1v) is 10.2. The zero-order chi connectivity index (χ0) is 22.9. The smallest absolute Gasteiger partial charge is 0.353 e. The molecule has 3 aromatic rings. The third-order valence-corrected chi connectivity index (χ3v) is 5.59. The number of benzene rings is 1. The van der Waals surface area contributed by atoms with Gasteiger partial charge in [-0.1, -0.05) is 6.07 Å². The molecular weight excluding hydrogens is 419 g/mol. The van der Waals surface area contributed by atoms with Crippen molar-refractivity contribution in [2.45, 2.75) is 20.0 Å². The number of alkyl halides is 3. The zero-order valence-corrected chi connectivity index (χ0v) is 17.7. The molecule has 32 heavy (non-hydrogen) atoms. The molecule has 2 aromatic heterocycles. The van der Waals surface area contributed by atoms with E-state index < -0.39 is 17.6 Å². The van der Waals surface area contributed by atoms with Gasteiger partial charge in [-0.25, -0.2) is 9.97 Å². The first kappa shape index (κ1) is 21.7. The van der Waals surface area contributed by atoms with E-state index in [1.165, 1.54) is 12.1 Å². The Bertz CT molecular complexity index is 1130. The van der Waals surface area contributed by atoms with Gasteiger partial charge in [-0.3, -0.25) is 9.78 Å². The van der Waals surface area contributed by atoms with Gasteiger partial charge in [0.05, 0.1) is 5.56 Å². The predicted molar refractivity (Wildman–Crippen MR) is 114 cm³/mol. The van der Waals surface area contributed by atoms with Gasteiger partial charge in [-0.05, 0) is 44.2 Å². The van der Waals surface area contributed by atoms with Crippen molar-refractivity contribution in [2.75, 3.05) is 31.1 Å². The summed E-state index contributed by atoms with van der Waals surface area (Å²) in [7, 11) is 0. The molecule has 9 heteroatoms. The highest BCUT2D eigenvalue weighted by Crippen LogP contribution is 2.30.